The van der Waals surface area contributed by atoms with Crippen molar-refractivity contribution in [1.82, 2.24) is 0 Å². The van der Waals surface area contributed by atoms with Crippen LogP contribution in [0, 0.1) is 10.8 Å². The number of aliphatic hydroxyl groups excluding tert-OH is 2. The molecule has 2 rings (SSSR count). The average Bonchev–Trinajstić information content (AvgIpc) is 2.67. The van der Waals surface area contributed by atoms with E-state index < -0.39 is 71.4 Å². The lowest BCUT2D eigenvalue weighted by molar-refractivity contribution is -0.471. The van der Waals surface area contributed by atoms with Crippen LogP contribution in [0.3, 0.4) is 0 Å². The Morgan fingerprint density at radius 1 is 0.500 bits per heavy atom. The van der Waals surface area contributed by atoms with E-state index in [0.717, 1.165) is 0 Å². The molecule has 2 aliphatic carbocycles. The van der Waals surface area contributed by atoms with Crippen molar-refractivity contribution in [3.05, 3.63) is 0 Å². The standard InChI is InChI=1S/C12H6F16O2/c13-3(1-29)5(10(20,21)22)4(14,2-30)8(16,17)7(15,9(5,18)19)6(3,11(23,24)25)12(26,27)28/h29-30H,1-2H2. The van der Waals surface area contributed by atoms with Crippen LogP contribution in [0.1, 0.15) is 0 Å². The van der Waals surface area contributed by atoms with E-state index in [-0.39, 0.29) is 0 Å². The van der Waals surface area contributed by atoms with Gasteiger partial charge in [0.1, 0.15) is 0 Å². The Kier molecular flexibility index (Phi) is 4.51. The number of rotatable bonds is 2. The molecule has 0 heterocycles. The molecule has 0 radical (unpaired) electrons. The topological polar surface area (TPSA) is 40.5 Å². The Labute approximate surface area is 153 Å². The summed E-state index contributed by atoms with van der Waals surface area (Å²) in [5.74, 6) is -15.5. The largest absolute Gasteiger partial charge is 0.410 e. The Hall–Kier alpha value is -1.20. The van der Waals surface area contributed by atoms with E-state index in [1.54, 1.807) is 0 Å². The van der Waals surface area contributed by atoms with Gasteiger partial charge in [-0.2, -0.15) is 48.3 Å². The van der Waals surface area contributed by atoms with Gasteiger partial charge >= 0.3 is 30.4 Å². The molecule has 30 heavy (non-hydrogen) atoms. The SMILES string of the molecule is OCC1(F)C(F)(F)C2(F)C(F)(F)C1(C(F)(F)F)C(F)(CO)C2(C(F)(F)F)C(F)(F)F. The van der Waals surface area contributed by atoms with Crippen LogP contribution in [0.2, 0.25) is 0 Å². The maximum absolute atomic E-state index is 15.2. The van der Waals surface area contributed by atoms with Crippen LogP contribution in [0.4, 0.5) is 70.2 Å². The summed E-state index contributed by atoms with van der Waals surface area (Å²) in [6, 6.07) is 0. The molecule has 18 heteroatoms. The first kappa shape index (κ1) is 25.1. The molecule has 2 aliphatic rings. The maximum Gasteiger partial charge on any atom is 0.410 e. The first-order chi connectivity index (χ1) is 12.9. The number of alkyl halides is 16. The summed E-state index contributed by atoms with van der Waals surface area (Å²) in [5.41, 5.74) is -37.6. The summed E-state index contributed by atoms with van der Waals surface area (Å²) in [5, 5.41) is 17.3. The lowest BCUT2D eigenvalue weighted by atomic mass is 9.51. The van der Waals surface area contributed by atoms with E-state index in [1.165, 1.54) is 0 Å². The molecule has 2 N–H and O–H groups in total. The van der Waals surface area contributed by atoms with Crippen LogP contribution >= 0.6 is 0 Å². The van der Waals surface area contributed by atoms with Gasteiger partial charge in [0.05, 0.1) is 13.2 Å². The third-order valence-electron chi connectivity index (χ3n) is 5.85. The Bertz CT molecular complexity index is 724. The number of fused-ring (bicyclic) bond motifs is 2. The molecule has 2 nitrogen and oxygen atoms in total. The predicted octanol–water partition coefficient (Wildman–Crippen LogP) is 4.05. The van der Waals surface area contributed by atoms with Gasteiger partial charge in [0.25, 0.3) is 5.67 Å². The molecule has 0 spiro atoms. The molecule has 2 saturated carbocycles. The van der Waals surface area contributed by atoms with E-state index >= 15 is 4.39 Å². The van der Waals surface area contributed by atoms with Crippen molar-refractivity contribution in [2.24, 2.45) is 10.8 Å². The first-order valence-electron chi connectivity index (χ1n) is 7.11. The van der Waals surface area contributed by atoms with Crippen LogP contribution in [0.25, 0.3) is 0 Å². The second-order valence-electron chi connectivity index (χ2n) is 6.72. The van der Waals surface area contributed by atoms with Crippen LogP contribution in [-0.2, 0) is 0 Å². The molecule has 4 unspecified atom stereocenters. The van der Waals surface area contributed by atoms with Crippen molar-refractivity contribution in [3.63, 3.8) is 0 Å². The average molecular weight is 486 g/mol. The predicted molar refractivity (Wildman–Crippen MR) is 58.6 cm³/mol. The second kappa shape index (κ2) is 5.40. The minimum absolute atomic E-state index is 3.70. The number of hydrogen-bond donors (Lipinski definition) is 2. The fourth-order valence-electron chi connectivity index (χ4n) is 4.88. The van der Waals surface area contributed by atoms with Gasteiger partial charge in [-0.25, -0.2) is 22.0 Å². The van der Waals surface area contributed by atoms with Crippen LogP contribution in [0.5, 0.6) is 0 Å². The molecule has 0 aromatic carbocycles. The highest BCUT2D eigenvalue weighted by Crippen LogP contribution is 2.92. The smallest absolute Gasteiger partial charge is 0.393 e. The second-order valence-corrected chi connectivity index (χ2v) is 6.72. The number of aliphatic hydroxyl groups is 2. The molecule has 4 atom stereocenters. The lowest BCUT2D eigenvalue weighted by Crippen LogP contribution is -2.85. The van der Waals surface area contributed by atoms with E-state index in [1.807, 2.05) is 0 Å². The quantitative estimate of drug-likeness (QED) is 0.579. The fourth-order valence-corrected chi connectivity index (χ4v) is 4.88. The Morgan fingerprint density at radius 2 is 0.833 bits per heavy atom. The molecule has 0 aliphatic heterocycles. The van der Waals surface area contributed by atoms with Crippen LogP contribution < -0.4 is 0 Å². The van der Waals surface area contributed by atoms with Crippen LogP contribution in [-0.4, -0.2) is 70.8 Å². The molecule has 0 saturated heterocycles. The van der Waals surface area contributed by atoms with Crippen molar-refractivity contribution >= 4 is 0 Å². The molecule has 178 valence electrons. The Balaban J connectivity index is 3.45. The zero-order chi connectivity index (χ0) is 24.4. The van der Waals surface area contributed by atoms with Gasteiger partial charge in [0.15, 0.2) is 5.67 Å². The van der Waals surface area contributed by atoms with Crippen molar-refractivity contribution in [1.29, 1.82) is 0 Å². The zero-order valence-corrected chi connectivity index (χ0v) is 13.4. The monoisotopic (exact) mass is 486 g/mol. The lowest BCUT2D eigenvalue weighted by Gasteiger charge is -2.58. The van der Waals surface area contributed by atoms with Gasteiger partial charge in [-0.3, -0.25) is 0 Å². The van der Waals surface area contributed by atoms with Crippen molar-refractivity contribution < 1.29 is 80.5 Å². The number of hydrogen-bond acceptors (Lipinski definition) is 2. The summed E-state index contributed by atoms with van der Waals surface area (Å²) >= 11 is 0. The Morgan fingerprint density at radius 3 is 1.07 bits per heavy atom. The van der Waals surface area contributed by atoms with E-state index in [9.17, 15) is 65.9 Å². The van der Waals surface area contributed by atoms with Gasteiger partial charge in [-0.1, -0.05) is 0 Å². The van der Waals surface area contributed by atoms with E-state index in [0.29, 0.717) is 0 Å². The highest BCUT2D eigenvalue weighted by atomic mass is 19.4. The van der Waals surface area contributed by atoms with Crippen molar-refractivity contribution in [3.8, 4) is 0 Å². The van der Waals surface area contributed by atoms with Gasteiger partial charge in [0.2, 0.25) is 16.5 Å². The molecule has 2 fully saturated rings. The third kappa shape index (κ3) is 1.66. The summed E-state index contributed by atoms with van der Waals surface area (Å²) in [6.07, 6.45) is -24.0. The minimum atomic E-state index is -8.06. The zero-order valence-electron chi connectivity index (χ0n) is 13.4. The summed E-state index contributed by atoms with van der Waals surface area (Å²) in [7, 11) is 0. The summed E-state index contributed by atoms with van der Waals surface area (Å²) < 4.78 is 223. The molecule has 0 aromatic heterocycles. The molecular formula is C12H6F16O2. The normalized spacial score (nSPS) is 42.6. The summed E-state index contributed by atoms with van der Waals surface area (Å²) in [4.78, 5) is 0. The van der Waals surface area contributed by atoms with Gasteiger partial charge in [-0.05, 0) is 0 Å². The minimum Gasteiger partial charge on any atom is -0.393 e. The van der Waals surface area contributed by atoms with E-state index in [2.05, 4.69) is 0 Å². The molecule has 0 aromatic rings. The van der Waals surface area contributed by atoms with Gasteiger partial charge in [0, 0.05) is 0 Å². The molecular weight excluding hydrogens is 480 g/mol. The fraction of sp³-hybridized carbons (Fsp3) is 1.00. The van der Waals surface area contributed by atoms with Crippen LogP contribution in [0.15, 0.2) is 0 Å². The van der Waals surface area contributed by atoms with E-state index in [4.69, 9.17) is 10.2 Å². The number of halogens is 16. The summed E-state index contributed by atoms with van der Waals surface area (Å²) in [6.45, 7) is -7.69. The molecule has 0 amide bonds. The van der Waals surface area contributed by atoms with Gasteiger partial charge in [-0.15, -0.1) is 0 Å². The molecule has 2 bridgehead atoms. The highest BCUT2D eigenvalue weighted by molar-refractivity contribution is 5.51. The maximum atomic E-state index is 15.2. The highest BCUT2D eigenvalue weighted by Gasteiger charge is 3.21. The first-order valence-corrected chi connectivity index (χ1v) is 7.11. The van der Waals surface area contributed by atoms with Gasteiger partial charge < -0.3 is 10.2 Å². The van der Waals surface area contributed by atoms with Crippen molar-refractivity contribution in [2.45, 2.75) is 47.4 Å². The van der Waals surface area contributed by atoms with Crippen molar-refractivity contribution in [2.75, 3.05) is 13.2 Å². The third-order valence-corrected chi connectivity index (χ3v) is 5.85.